The highest BCUT2D eigenvalue weighted by atomic mass is 35.5. The number of hydrogen-bond acceptors (Lipinski definition) is 4. The van der Waals surface area contributed by atoms with Crippen LogP contribution in [0, 0.1) is 0 Å². The number of carbonyl (C=O) groups excluding carboxylic acids is 1. The normalized spacial score (nSPS) is 16.3. The molecule has 1 atom stereocenters. The van der Waals surface area contributed by atoms with Gasteiger partial charge < -0.3 is 19.1 Å². The molecule has 1 saturated heterocycles. The lowest BCUT2D eigenvalue weighted by Gasteiger charge is -2.26. The van der Waals surface area contributed by atoms with Crippen LogP contribution < -0.4 is 14.2 Å². The summed E-state index contributed by atoms with van der Waals surface area (Å²) < 4.78 is 16.4. The summed E-state index contributed by atoms with van der Waals surface area (Å²) in [7, 11) is 3.24. The van der Waals surface area contributed by atoms with Gasteiger partial charge in [-0.1, -0.05) is 23.2 Å². The van der Waals surface area contributed by atoms with E-state index in [4.69, 9.17) is 37.4 Å². The van der Waals surface area contributed by atoms with Crippen molar-refractivity contribution in [1.29, 1.82) is 0 Å². The molecule has 7 heteroatoms. The largest absolute Gasteiger partial charge is 0.497 e. The first-order valence-corrected chi connectivity index (χ1v) is 9.38. The van der Waals surface area contributed by atoms with Crippen molar-refractivity contribution in [3.05, 3.63) is 52.0 Å². The van der Waals surface area contributed by atoms with Crippen molar-refractivity contribution in [3.8, 4) is 17.2 Å². The quantitative estimate of drug-likeness (QED) is 0.690. The van der Waals surface area contributed by atoms with E-state index < -0.39 is 0 Å². The molecule has 27 heavy (non-hydrogen) atoms. The molecule has 0 unspecified atom stereocenters. The van der Waals surface area contributed by atoms with Crippen molar-refractivity contribution in [1.82, 2.24) is 4.90 Å². The second-order valence-corrected chi connectivity index (χ2v) is 7.03. The van der Waals surface area contributed by atoms with Crippen molar-refractivity contribution in [2.75, 3.05) is 27.4 Å². The van der Waals surface area contributed by atoms with Crippen LogP contribution in [0.1, 0.15) is 24.4 Å². The second kappa shape index (κ2) is 8.72. The number of ether oxygens (including phenoxy) is 3. The molecule has 144 valence electrons. The van der Waals surface area contributed by atoms with Crippen LogP contribution in [-0.2, 0) is 4.79 Å². The molecule has 0 spiro atoms. The molecule has 1 amide bonds. The Labute approximate surface area is 168 Å². The van der Waals surface area contributed by atoms with Crippen LogP contribution in [0.25, 0.3) is 0 Å². The molecule has 2 aromatic carbocycles. The lowest BCUT2D eigenvalue weighted by molar-refractivity contribution is -0.134. The number of carbonyl (C=O) groups is 1. The van der Waals surface area contributed by atoms with Crippen molar-refractivity contribution in [3.63, 3.8) is 0 Å². The molecular formula is C20H21Cl2NO4. The third-order valence-electron chi connectivity index (χ3n) is 4.62. The van der Waals surface area contributed by atoms with Gasteiger partial charge in [-0.25, -0.2) is 0 Å². The highest BCUT2D eigenvalue weighted by Crippen LogP contribution is 2.39. The predicted octanol–water partition coefficient (Wildman–Crippen LogP) is 4.75. The lowest BCUT2D eigenvalue weighted by Crippen LogP contribution is -2.34. The molecule has 0 aromatic heterocycles. The van der Waals surface area contributed by atoms with Crippen LogP contribution in [0.5, 0.6) is 17.2 Å². The highest BCUT2D eigenvalue weighted by Gasteiger charge is 2.32. The Balaban J connectivity index is 1.74. The Bertz CT molecular complexity index is 828. The Hall–Kier alpha value is -2.11. The summed E-state index contributed by atoms with van der Waals surface area (Å²) >= 11 is 11.9. The third-order valence-corrected chi connectivity index (χ3v) is 5.36. The molecule has 0 radical (unpaired) electrons. The van der Waals surface area contributed by atoms with E-state index in [1.54, 1.807) is 32.4 Å². The molecule has 1 aliphatic heterocycles. The van der Waals surface area contributed by atoms with Crippen LogP contribution in [0.15, 0.2) is 36.4 Å². The Morgan fingerprint density at radius 3 is 2.56 bits per heavy atom. The Morgan fingerprint density at radius 2 is 1.85 bits per heavy atom. The number of benzene rings is 2. The summed E-state index contributed by atoms with van der Waals surface area (Å²) in [6.45, 7) is 0.606. The van der Waals surface area contributed by atoms with E-state index in [9.17, 15) is 4.79 Å². The molecule has 0 saturated carbocycles. The van der Waals surface area contributed by atoms with Crippen LogP contribution >= 0.6 is 23.2 Å². The minimum absolute atomic E-state index is 0.0687. The molecule has 5 nitrogen and oxygen atoms in total. The van der Waals surface area contributed by atoms with E-state index in [0.717, 1.165) is 29.9 Å². The van der Waals surface area contributed by atoms with Crippen molar-refractivity contribution < 1.29 is 19.0 Å². The number of likely N-dealkylation sites (tertiary alicyclic amines) is 1. The van der Waals surface area contributed by atoms with E-state index in [-0.39, 0.29) is 18.6 Å². The maximum atomic E-state index is 12.8. The van der Waals surface area contributed by atoms with Gasteiger partial charge in [-0.05, 0) is 43.2 Å². The van der Waals surface area contributed by atoms with E-state index in [0.29, 0.717) is 22.3 Å². The van der Waals surface area contributed by atoms with Crippen molar-refractivity contribution in [2.45, 2.75) is 18.9 Å². The molecule has 0 N–H and O–H groups in total. The number of amides is 1. The van der Waals surface area contributed by atoms with Gasteiger partial charge in [-0.3, -0.25) is 4.79 Å². The number of rotatable bonds is 6. The van der Waals surface area contributed by atoms with E-state index >= 15 is 0 Å². The summed E-state index contributed by atoms with van der Waals surface area (Å²) in [6.07, 6.45) is 1.78. The Kier molecular flexibility index (Phi) is 6.34. The highest BCUT2D eigenvalue weighted by molar-refractivity contribution is 6.42. The zero-order valence-corrected chi connectivity index (χ0v) is 16.7. The van der Waals surface area contributed by atoms with Gasteiger partial charge in [0.1, 0.15) is 17.2 Å². The molecule has 1 heterocycles. The summed E-state index contributed by atoms with van der Waals surface area (Å²) in [5.41, 5.74) is 0.942. The van der Waals surface area contributed by atoms with Gasteiger partial charge in [-0.2, -0.15) is 0 Å². The standard InChI is InChI=1S/C20H21Cl2NO4/c1-25-13-6-8-19(26-2)15(10-13)18-4-3-9-23(18)20(24)12-27-14-5-7-16(21)17(22)11-14/h5-8,10-11,18H,3-4,9,12H2,1-2H3/t18-/m1/s1. The summed E-state index contributed by atoms with van der Waals surface area (Å²) in [4.78, 5) is 14.6. The first kappa shape index (κ1) is 19.6. The number of nitrogens with zero attached hydrogens (tertiary/aromatic N) is 1. The van der Waals surface area contributed by atoms with Crippen molar-refractivity contribution in [2.24, 2.45) is 0 Å². The van der Waals surface area contributed by atoms with Gasteiger partial charge in [0.2, 0.25) is 0 Å². The van der Waals surface area contributed by atoms with E-state index in [1.807, 2.05) is 23.1 Å². The average Bonchev–Trinajstić information content (AvgIpc) is 3.17. The van der Waals surface area contributed by atoms with Gasteiger partial charge in [-0.15, -0.1) is 0 Å². The Morgan fingerprint density at radius 1 is 1.07 bits per heavy atom. The summed E-state index contributed by atoms with van der Waals surface area (Å²) in [6, 6.07) is 10.5. The predicted molar refractivity (Wildman–Crippen MR) is 105 cm³/mol. The van der Waals surface area contributed by atoms with Crippen LogP contribution in [-0.4, -0.2) is 38.2 Å². The SMILES string of the molecule is COc1ccc(OC)c([C@H]2CCCN2C(=O)COc2ccc(Cl)c(Cl)c2)c1. The molecule has 0 bridgehead atoms. The molecule has 0 aliphatic carbocycles. The van der Waals surface area contributed by atoms with Gasteiger partial charge in [0.15, 0.2) is 6.61 Å². The molecule has 1 fully saturated rings. The fraction of sp³-hybridized carbons (Fsp3) is 0.350. The van der Waals surface area contributed by atoms with Gasteiger partial charge in [0.25, 0.3) is 5.91 Å². The summed E-state index contributed by atoms with van der Waals surface area (Å²) in [5.74, 6) is 1.89. The van der Waals surface area contributed by atoms with E-state index in [2.05, 4.69) is 0 Å². The second-order valence-electron chi connectivity index (χ2n) is 6.22. The number of methoxy groups -OCH3 is 2. The monoisotopic (exact) mass is 409 g/mol. The molecule has 3 rings (SSSR count). The fourth-order valence-electron chi connectivity index (χ4n) is 3.28. The topological polar surface area (TPSA) is 48.0 Å². The van der Waals surface area contributed by atoms with Gasteiger partial charge >= 0.3 is 0 Å². The zero-order chi connectivity index (χ0) is 19.4. The van der Waals surface area contributed by atoms with Crippen LogP contribution in [0.3, 0.4) is 0 Å². The summed E-state index contributed by atoms with van der Waals surface area (Å²) in [5, 5.41) is 0.835. The molecule has 2 aromatic rings. The minimum atomic E-state index is -0.0894. The molecule has 1 aliphatic rings. The molecular weight excluding hydrogens is 389 g/mol. The van der Waals surface area contributed by atoms with Gasteiger partial charge in [0.05, 0.1) is 30.3 Å². The fourth-order valence-corrected chi connectivity index (χ4v) is 3.57. The average molecular weight is 410 g/mol. The number of hydrogen-bond donors (Lipinski definition) is 0. The first-order chi connectivity index (χ1) is 13.0. The smallest absolute Gasteiger partial charge is 0.261 e. The van der Waals surface area contributed by atoms with Gasteiger partial charge in [0, 0.05) is 18.2 Å². The zero-order valence-electron chi connectivity index (χ0n) is 15.2. The van der Waals surface area contributed by atoms with E-state index in [1.165, 1.54) is 0 Å². The minimum Gasteiger partial charge on any atom is -0.497 e. The first-order valence-electron chi connectivity index (χ1n) is 8.62. The lowest BCUT2D eigenvalue weighted by atomic mass is 10.0. The van der Waals surface area contributed by atoms with Crippen molar-refractivity contribution >= 4 is 29.1 Å². The maximum Gasteiger partial charge on any atom is 0.261 e. The maximum absolute atomic E-state index is 12.8. The van der Waals surface area contributed by atoms with Crippen LogP contribution in [0.2, 0.25) is 10.0 Å². The third kappa shape index (κ3) is 4.42. The van der Waals surface area contributed by atoms with Crippen LogP contribution in [0.4, 0.5) is 0 Å². The number of halogens is 2.